The molecule has 1 aromatic heterocycles. The number of aromatic nitrogens is 2. The van der Waals surface area contributed by atoms with Crippen LogP contribution in [0.3, 0.4) is 0 Å². The van der Waals surface area contributed by atoms with Crippen molar-refractivity contribution in [1.29, 1.82) is 0 Å². The van der Waals surface area contributed by atoms with Gasteiger partial charge < -0.3 is 15.2 Å². The maximum atomic E-state index is 13.5. The number of para-hydroxylation sites is 2. The molecule has 0 saturated carbocycles. The number of hydrogen-bond donors (Lipinski definition) is 1. The number of halogens is 1. The molecule has 0 aliphatic rings. The standard InChI is InChI=1S/C26H27ClN4O.C3H8/c1-19(30(17-7-16-28)26(32)21-12-14-22(27)15-13-21)25-29-23-10-5-6-11-24(23)31(25)18-20-8-3-2-4-9-20;1-3-2/h2-6,8-15,19H,7,16-18,28H2,1H3;3H2,1-2H3. The lowest BCUT2D eigenvalue weighted by atomic mass is 10.1. The summed E-state index contributed by atoms with van der Waals surface area (Å²) in [6.45, 7) is 8.03. The van der Waals surface area contributed by atoms with Crippen molar-refractivity contribution in [3.63, 3.8) is 0 Å². The van der Waals surface area contributed by atoms with Crippen molar-refractivity contribution < 1.29 is 4.79 Å². The molecule has 1 amide bonds. The first kappa shape index (κ1) is 26.5. The summed E-state index contributed by atoms with van der Waals surface area (Å²) in [5.74, 6) is 0.801. The molecule has 3 aromatic carbocycles. The van der Waals surface area contributed by atoms with Gasteiger partial charge in [0, 0.05) is 23.7 Å². The summed E-state index contributed by atoms with van der Waals surface area (Å²) in [5.41, 5.74) is 9.55. The first-order valence-electron chi connectivity index (χ1n) is 12.3. The summed E-state index contributed by atoms with van der Waals surface area (Å²) in [7, 11) is 0. The molecular weight excluding hydrogens is 456 g/mol. The average Bonchev–Trinajstić information content (AvgIpc) is 3.24. The molecule has 1 atom stereocenters. The molecule has 4 aromatic rings. The Balaban J connectivity index is 0.00000108. The Hall–Kier alpha value is -3.15. The number of carbonyl (C=O) groups excluding carboxylic acids is 1. The molecule has 1 unspecified atom stereocenters. The third-order valence-electron chi connectivity index (χ3n) is 5.66. The molecule has 0 aliphatic heterocycles. The van der Waals surface area contributed by atoms with Gasteiger partial charge in [-0.2, -0.15) is 0 Å². The van der Waals surface area contributed by atoms with Gasteiger partial charge in [-0.25, -0.2) is 4.98 Å². The number of hydrogen-bond acceptors (Lipinski definition) is 3. The summed E-state index contributed by atoms with van der Waals surface area (Å²) in [5, 5.41) is 0.604. The molecule has 0 radical (unpaired) electrons. The number of nitrogens with zero attached hydrogens (tertiary/aromatic N) is 3. The minimum atomic E-state index is -0.235. The normalized spacial score (nSPS) is 11.6. The number of nitrogens with two attached hydrogens (primary N) is 1. The largest absolute Gasteiger partial charge is 0.330 e. The number of rotatable bonds is 8. The van der Waals surface area contributed by atoms with Crippen molar-refractivity contribution in [3.8, 4) is 0 Å². The summed E-state index contributed by atoms with van der Waals surface area (Å²) in [4.78, 5) is 20.3. The highest BCUT2D eigenvalue weighted by molar-refractivity contribution is 6.30. The molecule has 184 valence electrons. The summed E-state index contributed by atoms with van der Waals surface area (Å²) < 4.78 is 2.21. The van der Waals surface area contributed by atoms with Crippen LogP contribution >= 0.6 is 11.6 Å². The Morgan fingerprint density at radius 1 is 1.00 bits per heavy atom. The lowest BCUT2D eigenvalue weighted by molar-refractivity contribution is 0.0679. The van der Waals surface area contributed by atoms with E-state index in [-0.39, 0.29) is 11.9 Å². The van der Waals surface area contributed by atoms with Gasteiger partial charge in [-0.05, 0) is 61.9 Å². The topological polar surface area (TPSA) is 64.2 Å². The highest BCUT2D eigenvalue weighted by atomic mass is 35.5. The number of carbonyl (C=O) groups is 1. The van der Waals surface area contributed by atoms with E-state index in [0.29, 0.717) is 36.6 Å². The molecule has 0 spiro atoms. The quantitative estimate of drug-likeness (QED) is 0.298. The van der Waals surface area contributed by atoms with Crippen LogP contribution in [0.2, 0.25) is 5.02 Å². The Labute approximate surface area is 213 Å². The second-order valence-corrected chi connectivity index (χ2v) is 9.00. The highest BCUT2D eigenvalue weighted by Gasteiger charge is 2.27. The van der Waals surface area contributed by atoms with Gasteiger partial charge in [-0.15, -0.1) is 0 Å². The van der Waals surface area contributed by atoms with Gasteiger partial charge in [-0.3, -0.25) is 4.79 Å². The second-order valence-electron chi connectivity index (χ2n) is 8.56. The van der Waals surface area contributed by atoms with E-state index in [1.807, 2.05) is 48.2 Å². The van der Waals surface area contributed by atoms with Crippen LogP contribution in [0.4, 0.5) is 0 Å². The molecule has 2 N–H and O–H groups in total. The maximum Gasteiger partial charge on any atom is 0.254 e. The molecular formula is C29H35ClN4O. The van der Waals surface area contributed by atoms with E-state index >= 15 is 0 Å². The third kappa shape index (κ3) is 6.71. The van der Waals surface area contributed by atoms with E-state index in [2.05, 4.69) is 36.6 Å². The Morgan fingerprint density at radius 3 is 2.29 bits per heavy atom. The number of benzene rings is 3. The molecule has 0 aliphatic carbocycles. The van der Waals surface area contributed by atoms with Crippen LogP contribution in [0, 0.1) is 0 Å². The molecule has 1 heterocycles. The average molecular weight is 491 g/mol. The van der Waals surface area contributed by atoms with Gasteiger partial charge in [0.05, 0.1) is 17.1 Å². The fraction of sp³-hybridized carbons (Fsp3) is 0.310. The molecule has 5 nitrogen and oxygen atoms in total. The van der Waals surface area contributed by atoms with Crippen LogP contribution in [-0.2, 0) is 6.54 Å². The third-order valence-corrected chi connectivity index (χ3v) is 5.92. The monoisotopic (exact) mass is 490 g/mol. The zero-order valence-corrected chi connectivity index (χ0v) is 21.6. The Bertz CT molecular complexity index is 1200. The van der Waals surface area contributed by atoms with Gasteiger partial charge in [0.1, 0.15) is 5.82 Å². The predicted octanol–water partition coefficient (Wildman–Crippen LogP) is 6.71. The Morgan fingerprint density at radius 2 is 1.63 bits per heavy atom. The maximum absolute atomic E-state index is 13.5. The van der Waals surface area contributed by atoms with Gasteiger partial charge >= 0.3 is 0 Å². The van der Waals surface area contributed by atoms with Crippen molar-refractivity contribution in [2.45, 2.75) is 46.2 Å². The molecule has 4 rings (SSSR count). The van der Waals surface area contributed by atoms with E-state index in [1.54, 1.807) is 24.3 Å². The summed E-state index contributed by atoms with van der Waals surface area (Å²) >= 11 is 6.03. The van der Waals surface area contributed by atoms with Gasteiger partial charge in [0.15, 0.2) is 0 Å². The fourth-order valence-corrected chi connectivity index (χ4v) is 4.10. The van der Waals surface area contributed by atoms with Crippen molar-refractivity contribution in [3.05, 3.63) is 101 Å². The summed E-state index contributed by atoms with van der Waals surface area (Å²) in [6, 6.07) is 25.2. The van der Waals surface area contributed by atoms with Crippen LogP contribution in [0.1, 0.15) is 61.4 Å². The van der Waals surface area contributed by atoms with Gasteiger partial charge in [0.2, 0.25) is 0 Å². The smallest absolute Gasteiger partial charge is 0.254 e. The van der Waals surface area contributed by atoms with Crippen LogP contribution < -0.4 is 5.73 Å². The van der Waals surface area contributed by atoms with Crippen molar-refractivity contribution in [1.82, 2.24) is 14.5 Å². The first-order chi connectivity index (χ1) is 17.0. The number of amides is 1. The van der Waals surface area contributed by atoms with Crippen molar-refractivity contribution >= 4 is 28.5 Å². The SMILES string of the molecule is CC(c1nc2ccccc2n1Cc1ccccc1)N(CCCN)C(=O)c1ccc(Cl)cc1.CCC. The molecule has 0 saturated heterocycles. The molecule has 35 heavy (non-hydrogen) atoms. The van der Waals surface area contributed by atoms with Crippen molar-refractivity contribution in [2.75, 3.05) is 13.1 Å². The van der Waals surface area contributed by atoms with Crippen LogP contribution in [0.25, 0.3) is 11.0 Å². The zero-order valence-electron chi connectivity index (χ0n) is 20.8. The molecule has 0 bridgehead atoms. The van der Waals surface area contributed by atoms with E-state index in [1.165, 1.54) is 12.0 Å². The number of fused-ring (bicyclic) bond motifs is 1. The molecule has 6 heteroatoms. The van der Waals surface area contributed by atoms with Crippen LogP contribution in [0.15, 0.2) is 78.9 Å². The van der Waals surface area contributed by atoms with Gasteiger partial charge in [0.25, 0.3) is 5.91 Å². The van der Waals surface area contributed by atoms with Gasteiger partial charge in [-0.1, -0.05) is 74.3 Å². The predicted molar refractivity (Wildman–Crippen MR) is 146 cm³/mol. The van der Waals surface area contributed by atoms with E-state index in [9.17, 15) is 4.79 Å². The van der Waals surface area contributed by atoms with Crippen molar-refractivity contribution in [2.24, 2.45) is 5.73 Å². The first-order valence-corrected chi connectivity index (χ1v) is 12.6. The minimum absolute atomic E-state index is 0.0547. The Kier molecular flexibility index (Phi) is 9.88. The van der Waals surface area contributed by atoms with E-state index < -0.39 is 0 Å². The lowest BCUT2D eigenvalue weighted by Gasteiger charge is -2.29. The minimum Gasteiger partial charge on any atom is -0.330 e. The zero-order chi connectivity index (χ0) is 25.2. The fourth-order valence-electron chi connectivity index (χ4n) is 3.98. The van der Waals surface area contributed by atoms with Crippen LogP contribution in [0.5, 0.6) is 0 Å². The number of imidazole rings is 1. The highest BCUT2D eigenvalue weighted by Crippen LogP contribution is 2.27. The lowest BCUT2D eigenvalue weighted by Crippen LogP contribution is -2.36. The van der Waals surface area contributed by atoms with E-state index in [4.69, 9.17) is 22.3 Å². The van der Waals surface area contributed by atoms with Crippen LogP contribution in [-0.4, -0.2) is 33.4 Å². The summed E-state index contributed by atoms with van der Waals surface area (Å²) in [6.07, 6.45) is 1.96. The van der Waals surface area contributed by atoms with E-state index in [0.717, 1.165) is 16.9 Å². The molecule has 0 fully saturated rings. The second kappa shape index (κ2) is 13.1.